The van der Waals surface area contributed by atoms with Crippen LogP contribution in [0.1, 0.15) is 18.4 Å². The van der Waals surface area contributed by atoms with Crippen LogP contribution in [-0.4, -0.2) is 44.8 Å². The Morgan fingerprint density at radius 3 is 2.65 bits per heavy atom. The maximum atomic E-state index is 13.2. The van der Waals surface area contributed by atoms with Gasteiger partial charge in [-0.1, -0.05) is 0 Å². The van der Waals surface area contributed by atoms with E-state index in [1.54, 1.807) is 0 Å². The first-order chi connectivity index (χ1) is 12.1. The highest BCUT2D eigenvalue weighted by Crippen LogP contribution is 2.36. The highest BCUT2D eigenvalue weighted by atomic mass is 32.2. The topological polar surface area (TPSA) is 92.5 Å². The molecule has 0 bridgehead atoms. The van der Waals surface area contributed by atoms with Crippen molar-refractivity contribution in [3.05, 3.63) is 29.6 Å². The van der Waals surface area contributed by atoms with Crippen molar-refractivity contribution in [3.63, 3.8) is 0 Å². The number of hydrogen-bond acceptors (Lipinski definition) is 4. The molecule has 1 atom stereocenters. The predicted octanol–water partition coefficient (Wildman–Crippen LogP) is 1.32. The molecule has 26 heavy (non-hydrogen) atoms. The van der Waals surface area contributed by atoms with Gasteiger partial charge >= 0.3 is 6.18 Å². The summed E-state index contributed by atoms with van der Waals surface area (Å²) in [5.41, 5.74) is 3.73. The van der Waals surface area contributed by atoms with Gasteiger partial charge in [0.2, 0.25) is 15.9 Å². The zero-order valence-corrected chi connectivity index (χ0v) is 14.5. The second-order valence-corrected chi connectivity index (χ2v) is 7.83. The van der Waals surface area contributed by atoms with E-state index >= 15 is 0 Å². The Morgan fingerprint density at radius 2 is 2.04 bits per heavy atom. The summed E-state index contributed by atoms with van der Waals surface area (Å²) in [5, 5.41) is 2.54. The lowest BCUT2D eigenvalue weighted by atomic mass is 9.99. The fourth-order valence-electron chi connectivity index (χ4n) is 2.80. The van der Waals surface area contributed by atoms with Gasteiger partial charge in [0.1, 0.15) is 5.82 Å². The first kappa shape index (κ1) is 20.6. The molecule has 1 heterocycles. The summed E-state index contributed by atoms with van der Waals surface area (Å²) in [6, 6.07) is 1.42. The van der Waals surface area contributed by atoms with Gasteiger partial charge in [-0.2, -0.15) is 17.5 Å². The summed E-state index contributed by atoms with van der Waals surface area (Å²) in [4.78, 5) is 11.0. The average Bonchev–Trinajstić information content (AvgIpc) is 2.58. The minimum Gasteiger partial charge on any atom is -0.355 e. The maximum Gasteiger partial charge on any atom is 0.417 e. The van der Waals surface area contributed by atoms with Gasteiger partial charge in [-0.3, -0.25) is 4.79 Å². The van der Waals surface area contributed by atoms with Crippen LogP contribution < -0.4 is 11.1 Å². The monoisotopic (exact) mass is 397 g/mol. The smallest absolute Gasteiger partial charge is 0.355 e. The minimum atomic E-state index is -5.03. The van der Waals surface area contributed by atoms with Crippen LogP contribution in [0.25, 0.3) is 0 Å². The number of piperidine rings is 1. The molecule has 1 aromatic carbocycles. The predicted molar refractivity (Wildman–Crippen MR) is 84.9 cm³/mol. The highest BCUT2D eigenvalue weighted by Gasteiger charge is 2.41. The van der Waals surface area contributed by atoms with E-state index in [2.05, 4.69) is 5.32 Å². The molecule has 1 saturated heterocycles. The molecule has 146 valence electrons. The number of hydrogen-bond donors (Lipinski definition) is 2. The molecule has 11 heteroatoms. The molecule has 0 saturated carbocycles. The summed E-state index contributed by atoms with van der Waals surface area (Å²) >= 11 is 0. The van der Waals surface area contributed by atoms with Crippen molar-refractivity contribution in [2.75, 3.05) is 26.2 Å². The lowest BCUT2D eigenvalue weighted by Crippen LogP contribution is -2.46. The summed E-state index contributed by atoms with van der Waals surface area (Å²) in [6.45, 7) is 0.175. The van der Waals surface area contributed by atoms with E-state index in [0.717, 1.165) is 4.31 Å². The second-order valence-electron chi connectivity index (χ2n) is 5.92. The molecule has 2 rings (SSSR count). The Labute approximate surface area is 148 Å². The number of alkyl halides is 3. The number of benzene rings is 1. The number of nitrogens with zero attached hydrogens (tertiary/aromatic N) is 1. The van der Waals surface area contributed by atoms with Crippen molar-refractivity contribution in [2.45, 2.75) is 23.9 Å². The van der Waals surface area contributed by atoms with Crippen LogP contribution in [0.5, 0.6) is 0 Å². The lowest BCUT2D eigenvalue weighted by Gasteiger charge is -2.31. The number of rotatable bonds is 5. The van der Waals surface area contributed by atoms with E-state index in [1.807, 2.05) is 0 Å². The van der Waals surface area contributed by atoms with E-state index in [-0.39, 0.29) is 32.2 Å². The molecular formula is C15H19F4N3O3S. The molecule has 0 radical (unpaired) electrons. The third-order valence-corrected chi connectivity index (χ3v) is 5.99. The molecule has 1 fully saturated rings. The van der Waals surface area contributed by atoms with E-state index in [0.29, 0.717) is 25.0 Å². The Balaban J connectivity index is 2.32. The zero-order valence-electron chi connectivity index (χ0n) is 13.7. The Morgan fingerprint density at radius 1 is 1.35 bits per heavy atom. The second kappa shape index (κ2) is 7.89. The van der Waals surface area contributed by atoms with Crippen molar-refractivity contribution < 1.29 is 30.8 Å². The van der Waals surface area contributed by atoms with Crippen LogP contribution in [0.15, 0.2) is 23.1 Å². The molecule has 1 amide bonds. The van der Waals surface area contributed by atoms with Gasteiger partial charge in [0, 0.05) is 26.2 Å². The molecule has 1 aliphatic rings. The fraction of sp³-hybridized carbons (Fsp3) is 0.533. The third kappa shape index (κ3) is 4.51. The molecule has 1 aromatic rings. The normalized spacial score (nSPS) is 19.3. The van der Waals surface area contributed by atoms with Crippen LogP contribution in [0.2, 0.25) is 0 Å². The number of nitrogens with one attached hydrogen (secondary N) is 1. The molecule has 0 aliphatic carbocycles. The van der Waals surface area contributed by atoms with Crippen LogP contribution in [0, 0.1) is 11.7 Å². The molecule has 0 spiro atoms. The van der Waals surface area contributed by atoms with E-state index in [4.69, 9.17) is 5.73 Å². The van der Waals surface area contributed by atoms with Gasteiger partial charge in [-0.05, 0) is 31.0 Å². The summed E-state index contributed by atoms with van der Waals surface area (Å²) in [6.07, 6.45) is -4.29. The standard InChI is InChI=1S/C15H19F4N3O3S/c16-11-3-4-13(12(8-11)15(17,18)19)26(24,25)22-7-1-2-10(9-22)14(23)21-6-5-20/h3-4,8,10H,1-2,5-7,9,20H2,(H,21,23). The van der Waals surface area contributed by atoms with Gasteiger partial charge in [0.05, 0.1) is 16.4 Å². The first-order valence-corrected chi connectivity index (χ1v) is 9.36. The molecule has 3 N–H and O–H groups in total. The van der Waals surface area contributed by atoms with Crippen LogP contribution in [0.4, 0.5) is 17.6 Å². The van der Waals surface area contributed by atoms with Crippen LogP contribution in [-0.2, 0) is 21.0 Å². The lowest BCUT2D eigenvalue weighted by molar-refractivity contribution is -0.140. The number of amides is 1. The van der Waals surface area contributed by atoms with Crippen molar-refractivity contribution in [2.24, 2.45) is 11.7 Å². The quantitative estimate of drug-likeness (QED) is 0.733. The Kier molecular flexibility index (Phi) is 6.25. The number of nitrogens with two attached hydrogens (primary N) is 1. The van der Waals surface area contributed by atoms with Gasteiger partial charge < -0.3 is 11.1 Å². The first-order valence-electron chi connectivity index (χ1n) is 7.92. The number of sulfonamides is 1. The van der Waals surface area contributed by atoms with Gasteiger partial charge in [-0.25, -0.2) is 12.8 Å². The molecule has 1 unspecified atom stereocenters. The molecule has 6 nitrogen and oxygen atoms in total. The molecular weight excluding hydrogens is 378 g/mol. The van der Waals surface area contributed by atoms with Gasteiger partial charge in [0.25, 0.3) is 0 Å². The van der Waals surface area contributed by atoms with Gasteiger partial charge in [0.15, 0.2) is 0 Å². The number of halogens is 4. The van der Waals surface area contributed by atoms with E-state index in [1.165, 1.54) is 0 Å². The van der Waals surface area contributed by atoms with Crippen molar-refractivity contribution in [3.8, 4) is 0 Å². The summed E-state index contributed by atoms with van der Waals surface area (Å²) in [5.74, 6) is -2.26. The SMILES string of the molecule is NCCNC(=O)C1CCCN(S(=O)(=O)c2ccc(F)cc2C(F)(F)F)C1. The third-order valence-electron chi connectivity index (χ3n) is 4.06. The highest BCUT2D eigenvalue weighted by molar-refractivity contribution is 7.89. The summed E-state index contributed by atoms with van der Waals surface area (Å²) < 4.78 is 78.9. The Bertz CT molecular complexity index is 768. The average molecular weight is 397 g/mol. The fourth-order valence-corrected chi connectivity index (χ4v) is 4.52. The maximum absolute atomic E-state index is 13.2. The van der Waals surface area contributed by atoms with E-state index < -0.39 is 44.3 Å². The molecule has 1 aliphatic heterocycles. The molecule has 0 aromatic heterocycles. The van der Waals surface area contributed by atoms with Crippen molar-refractivity contribution in [1.82, 2.24) is 9.62 Å². The number of carbonyl (C=O) groups is 1. The van der Waals surface area contributed by atoms with Crippen molar-refractivity contribution >= 4 is 15.9 Å². The largest absolute Gasteiger partial charge is 0.417 e. The minimum absolute atomic E-state index is 0.0162. The summed E-state index contributed by atoms with van der Waals surface area (Å²) in [7, 11) is -4.54. The number of carbonyl (C=O) groups excluding carboxylic acids is 1. The van der Waals surface area contributed by atoms with Crippen LogP contribution in [0.3, 0.4) is 0 Å². The van der Waals surface area contributed by atoms with Crippen molar-refractivity contribution in [1.29, 1.82) is 0 Å². The Hall–Kier alpha value is -1.72. The zero-order chi connectivity index (χ0) is 19.5. The van der Waals surface area contributed by atoms with Gasteiger partial charge in [-0.15, -0.1) is 0 Å². The van der Waals surface area contributed by atoms with E-state index in [9.17, 15) is 30.8 Å². The van der Waals surface area contributed by atoms with Crippen LogP contribution >= 0.6 is 0 Å².